The topological polar surface area (TPSA) is 25.8 Å². The van der Waals surface area contributed by atoms with Crippen LogP contribution in [-0.4, -0.2) is 10.2 Å². The van der Waals surface area contributed by atoms with Crippen molar-refractivity contribution in [3.05, 3.63) is 22.8 Å². The van der Waals surface area contributed by atoms with Gasteiger partial charge in [0.25, 0.3) is 0 Å². The van der Waals surface area contributed by atoms with E-state index in [0.29, 0.717) is 11.8 Å². The standard InChI is InChI=1S/C11H14N2/c1-8(2)9-3-4-11-10(7-9)5-6-12-13-11/h4-9H,3H2,1-2H3. The minimum Gasteiger partial charge on any atom is -0.159 e. The van der Waals surface area contributed by atoms with E-state index >= 15 is 0 Å². The zero-order valence-corrected chi connectivity index (χ0v) is 8.07. The molecule has 0 saturated heterocycles. The van der Waals surface area contributed by atoms with E-state index in [4.69, 9.17) is 0 Å². The maximum atomic E-state index is 4.08. The van der Waals surface area contributed by atoms with Crippen molar-refractivity contribution >= 4 is 12.2 Å². The van der Waals surface area contributed by atoms with Gasteiger partial charge in [-0.25, -0.2) is 0 Å². The van der Waals surface area contributed by atoms with E-state index in [-0.39, 0.29) is 0 Å². The predicted octanol–water partition coefficient (Wildman–Crippen LogP) is 0.713. The second-order valence-electron chi connectivity index (χ2n) is 3.89. The molecule has 1 aliphatic carbocycles. The van der Waals surface area contributed by atoms with Crippen LogP contribution in [0.5, 0.6) is 0 Å². The van der Waals surface area contributed by atoms with E-state index in [0.717, 1.165) is 11.8 Å². The molecule has 0 saturated carbocycles. The largest absolute Gasteiger partial charge is 0.159 e. The van der Waals surface area contributed by atoms with Gasteiger partial charge in [0.15, 0.2) is 0 Å². The highest BCUT2D eigenvalue weighted by Crippen LogP contribution is 2.17. The predicted molar refractivity (Wildman–Crippen MR) is 53.2 cm³/mol. The average molecular weight is 174 g/mol. The Bertz CT molecular complexity index is 406. The Balaban J connectivity index is 2.49. The molecular formula is C11H14N2. The van der Waals surface area contributed by atoms with Gasteiger partial charge in [-0.1, -0.05) is 26.0 Å². The van der Waals surface area contributed by atoms with E-state index in [1.807, 2.05) is 6.07 Å². The molecule has 0 spiro atoms. The summed E-state index contributed by atoms with van der Waals surface area (Å²) >= 11 is 0. The third kappa shape index (κ3) is 1.62. The van der Waals surface area contributed by atoms with Crippen LogP contribution in [0.3, 0.4) is 0 Å². The highest BCUT2D eigenvalue weighted by Gasteiger charge is 2.11. The third-order valence-corrected chi connectivity index (χ3v) is 2.62. The summed E-state index contributed by atoms with van der Waals surface area (Å²) < 4.78 is 0. The van der Waals surface area contributed by atoms with Crippen LogP contribution in [0.2, 0.25) is 0 Å². The van der Waals surface area contributed by atoms with Gasteiger partial charge in [0, 0.05) is 0 Å². The molecule has 1 aromatic rings. The average Bonchev–Trinajstić information content (AvgIpc) is 2.17. The Kier molecular flexibility index (Phi) is 2.13. The first-order valence-electron chi connectivity index (χ1n) is 4.77. The van der Waals surface area contributed by atoms with Crippen LogP contribution in [0.4, 0.5) is 0 Å². The smallest absolute Gasteiger partial charge is 0.0886 e. The SMILES string of the molecule is CC(C)C1C=c2ccnnc2=CC1. The van der Waals surface area contributed by atoms with E-state index in [1.165, 1.54) is 5.22 Å². The van der Waals surface area contributed by atoms with Crippen molar-refractivity contribution in [3.8, 4) is 0 Å². The molecule has 1 aliphatic rings. The van der Waals surface area contributed by atoms with Gasteiger partial charge < -0.3 is 0 Å². The number of hydrogen-bond donors (Lipinski definition) is 0. The van der Waals surface area contributed by atoms with E-state index < -0.39 is 0 Å². The van der Waals surface area contributed by atoms with Crippen molar-refractivity contribution in [1.29, 1.82) is 0 Å². The Labute approximate surface area is 78.0 Å². The van der Waals surface area contributed by atoms with Crippen LogP contribution in [0, 0.1) is 11.8 Å². The Morgan fingerprint density at radius 1 is 1.46 bits per heavy atom. The summed E-state index contributed by atoms with van der Waals surface area (Å²) in [6.07, 6.45) is 7.36. The van der Waals surface area contributed by atoms with Crippen molar-refractivity contribution in [2.45, 2.75) is 20.3 Å². The van der Waals surface area contributed by atoms with Gasteiger partial charge in [0.2, 0.25) is 0 Å². The molecule has 0 aliphatic heterocycles. The van der Waals surface area contributed by atoms with E-state index in [1.54, 1.807) is 6.20 Å². The molecule has 1 aromatic heterocycles. The number of hydrogen-bond acceptors (Lipinski definition) is 2. The molecule has 1 unspecified atom stereocenters. The van der Waals surface area contributed by atoms with Crippen molar-refractivity contribution < 1.29 is 0 Å². The molecule has 0 amide bonds. The molecule has 0 fully saturated rings. The summed E-state index contributed by atoms with van der Waals surface area (Å²) in [7, 11) is 0. The van der Waals surface area contributed by atoms with Crippen LogP contribution >= 0.6 is 0 Å². The minimum atomic E-state index is 0.664. The fourth-order valence-corrected chi connectivity index (χ4v) is 1.66. The first kappa shape index (κ1) is 8.42. The quantitative estimate of drug-likeness (QED) is 0.626. The lowest BCUT2D eigenvalue weighted by atomic mass is 9.89. The zero-order chi connectivity index (χ0) is 9.26. The molecule has 2 nitrogen and oxygen atoms in total. The normalized spacial score (nSPS) is 20.4. The maximum absolute atomic E-state index is 4.08. The summed E-state index contributed by atoms with van der Waals surface area (Å²) in [5.74, 6) is 1.37. The summed E-state index contributed by atoms with van der Waals surface area (Å²) in [4.78, 5) is 0. The fraction of sp³-hybridized carbons (Fsp3) is 0.455. The van der Waals surface area contributed by atoms with Crippen LogP contribution in [0.15, 0.2) is 12.3 Å². The van der Waals surface area contributed by atoms with Crippen LogP contribution in [0.25, 0.3) is 12.2 Å². The first-order chi connectivity index (χ1) is 6.27. The van der Waals surface area contributed by atoms with Crippen LogP contribution in [-0.2, 0) is 0 Å². The monoisotopic (exact) mass is 174 g/mol. The number of fused-ring (bicyclic) bond motifs is 1. The minimum absolute atomic E-state index is 0.664. The Morgan fingerprint density at radius 3 is 3.08 bits per heavy atom. The Morgan fingerprint density at radius 2 is 2.31 bits per heavy atom. The first-order valence-corrected chi connectivity index (χ1v) is 4.77. The van der Waals surface area contributed by atoms with Gasteiger partial charge in [-0.3, -0.25) is 0 Å². The van der Waals surface area contributed by atoms with Crippen molar-refractivity contribution in [2.24, 2.45) is 11.8 Å². The van der Waals surface area contributed by atoms with Crippen molar-refractivity contribution in [2.75, 3.05) is 0 Å². The molecule has 0 bridgehead atoms. The number of nitrogens with zero attached hydrogens (tertiary/aromatic N) is 2. The fourth-order valence-electron chi connectivity index (χ4n) is 1.66. The second kappa shape index (κ2) is 3.29. The van der Waals surface area contributed by atoms with Gasteiger partial charge in [-0.05, 0) is 29.5 Å². The molecule has 0 aromatic carbocycles. The molecule has 68 valence electrons. The molecule has 2 rings (SSSR count). The van der Waals surface area contributed by atoms with E-state index in [2.05, 4.69) is 36.2 Å². The van der Waals surface area contributed by atoms with Gasteiger partial charge in [0.1, 0.15) is 0 Å². The zero-order valence-electron chi connectivity index (χ0n) is 8.07. The highest BCUT2D eigenvalue weighted by atomic mass is 15.1. The van der Waals surface area contributed by atoms with Gasteiger partial charge >= 0.3 is 0 Å². The third-order valence-electron chi connectivity index (χ3n) is 2.62. The van der Waals surface area contributed by atoms with Crippen LogP contribution < -0.4 is 10.6 Å². The van der Waals surface area contributed by atoms with E-state index in [9.17, 15) is 0 Å². The maximum Gasteiger partial charge on any atom is 0.0886 e. The number of rotatable bonds is 1. The van der Waals surface area contributed by atoms with Crippen molar-refractivity contribution in [1.82, 2.24) is 10.2 Å². The Hall–Kier alpha value is -1.18. The van der Waals surface area contributed by atoms with Gasteiger partial charge in [-0.2, -0.15) is 10.2 Å². The summed E-state index contributed by atoms with van der Waals surface area (Å²) in [6, 6.07) is 2.04. The van der Waals surface area contributed by atoms with Crippen LogP contribution in [0.1, 0.15) is 20.3 Å². The van der Waals surface area contributed by atoms with Crippen molar-refractivity contribution in [3.63, 3.8) is 0 Å². The number of aromatic nitrogens is 2. The van der Waals surface area contributed by atoms with Gasteiger partial charge in [0.05, 0.1) is 11.5 Å². The van der Waals surface area contributed by atoms with Gasteiger partial charge in [-0.15, -0.1) is 0 Å². The molecule has 0 N–H and O–H groups in total. The molecule has 2 heteroatoms. The summed E-state index contributed by atoms with van der Waals surface area (Å²) in [5.41, 5.74) is 0. The summed E-state index contributed by atoms with van der Waals surface area (Å²) in [6.45, 7) is 4.52. The highest BCUT2D eigenvalue weighted by molar-refractivity contribution is 5.37. The summed E-state index contributed by atoms with van der Waals surface area (Å²) in [5, 5.41) is 10.2. The molecule has 13 heavy (non-hydrogen) atoms. The molecule has 1 atom stereocenters. The lowest BCUT2D eigenvalue weighted by Crippen LogP contribution is -2.33. The molecule has 0 radical (unpaired) electrons. The molecule has 1 heterocycles. The lowest BCUT2D eigenvalue weighted by Gasteiger charge is -2.16. The lowest BCUT2D eigenvalue weighted by molar-refractivity contribution is 0.498. The molecular weight excluding hydrogens is 160 g/mol. The second-order valence-corrected chi connectivity index (χ2v) is 3.89.